The number of hydrogen-bond acceptors (Lipinski definition) is 3. The van der Waals surface area contributed by atoms with Gasteiger partial charge in [0.15, 0.2) is 5.82 Å². The Hall–Kier alpha value is -1.43. The topological polar surface area (TPSA) is 72.9 Å². The van der Waals surface area contributed by atoms with Crippen molar-refractivity contribution in [2.45, 2.75) is 13.3 Å². The van der Waals surface area contributed by atoms with Crippen molar-refractivity contribution in [2.75, 3.05) is 5.32 Å². The molecule has 1 amide bonds. The van der Waals surface area contributed by atoms with Crippen molar-refractivity contribution < 1.29 is 4.79 Å². The van der Waals surface area contributed by atoms with Crippen molar-refractivity contribution >= 4 is 28.9 Å². The van der Waals surface area contributed by atoms with E-state index in [2.05, 4.69) is 22.6 Å². The van der Waals surface area contributed by atoms with E-state index in [1.54, 1.807) is 17.8 Å². The third kappa shape index (κ3) is 2.81. The first-order valence-electron chi connectivity index (χ1n) is 4.08. The molecular weight excluding hydrogens is 200 g/mol. The van der Waals surface area contributed by atoms with Crippen LogP contribution in [0.1, 0.15) is 12.1 Å². The second-order valence-corrected chi connectivity index (χ2v) is 3.51. The van der Waals surface area contributed by atoms with Gasteiger partial charge >= 0.3 is 0 Å². The van der Waals surface area contributed by atoms with E-state index in [0.717, 1.165) is 5.69 Å². The molecule has 0 fully saturated rings. The molecular formula is C8H12N4OS. The Kier molecular flexibility index (Phi) is 3.19. The van der Waals surface area contributed by atoms with Crippen molar-refractivity contribution in [2.24, 2.45) is 12.8 Å². The highest BCUT2D eigenvalue weighted by molar-refractivity contribution is 7.80. The third-order valence-corrected chi connectivity index (χ3v) is 1.86. The van der Waals surface area contributed by atoms with E-state index >= 15 is 0 Å². The van der Waals surface area contributed by atoms with Crippen molar-refractivity contribution in [3.63, 3.8) is 0 Å². The van der Waals surface area contributed by atoms with Gasteiger partial charge in [-0.05, 0) is 6.92 Å². The molecule has 1 aromatic heterocycles. The zero-order chi connectivity index (χ0) is 10.7. The van der Waals surface area contributed by atoms with Gasteiger partial charge in [-0.1, -0.05) is 12.2 Å². The quantitative estimate of drug-likeness (QED) is 0.709. The van der Waals surface area contributed by atoms with Gasteiger partial charge in [0, 0.05) is 18.8 Å². The molecule has 14 heavy (non-hydrogen) atoms. The summed E-state index contributed by atoms with van der Waals surface area (Å²) in [5.41, 5.74) is 6.20. The molecule has 76 valence electrons. The molecule has 0 bridgehead atoms. The highest BCUT2D eigenvalue weighted by Crippen LogP contribution is 2.06. The van der Waals surface area contributed by atoms with Gasteiger partial charge in [-0.15, -0.1) is 0 Å². The number of thiocarbonyl (C=S) groups is 1. The summed E-state index contributed by atoms with van der Waals surface area (Å²) < 4.78 is 1.68. The van der Waals surface area contributed by atoms with Crippen LogP contribution in [0, 0.1) is 6.92 Å². The summed E-state index contributed by atoms with van der Waals surface area (Å²) in [5.74, 6) is 0.279. The first-order valence-corrected chi connectivity index (χ1v) is 4.48. The van der Waals surface area contributed by atoms with Crippen LogP contribution in [0.15, 0.2) is 6.07 Å². The van der Waals surface area contributed by atoms with Gasteiger partial charge in [-0.25, -0.2) is 0 Å². The molecule has 1 aromatic rings. The Morgan fingerprint density at radius 1 is 1.79 bits per heavy atom. The maximum Gasteiger partial charge on any atom is 0.232 e. The molecule has 0 atom stereocenters. The molecule has 0 aromatic carbocycles. The Morgan fingerprint density at radius 2 is 2.43 bits per heavy atom. The van der Waals surface area contributed by atoms with E-state index < -0.39 is 0 Å². The third-order valence-electron chi connectivity index (χ3n) is 1.72. The number of nitrogens with zero attached hydrogens (tertiary/aromatic N) is 2. The molecule has 3 N–H and O–H groups in total. The molecule has 0 radical (unpaired) electrons. The molecule has 6 heteroatoms. The molecule has 0 spiro atoms. The predicted molar refractivity (Wildman–Crippen MR) is 58.0 cm³/mol. The first-order chi connectivity index (χ1) is 6.49. The van der Waals surface area contributed by atoms with E-state index in [9.17, 15) is 4.79 Å². The zero-order valence-electron chi connectivity index (χ0n) is 8.07. The molecule has 1 rings (SSSR count). The van der Waals surface area contributed by atoms with Crippen LogP contribution >= 0.6 is 12.2 Å². The molecule has 5 nitrogen and oxygen atoms in total. The lowest BCUT2D eigenvalue weighted by atomic mass is 10.4. The second-order valence-electron chi connectivity index (χ2n) is 2.99. The van der Waals surface area contributed by atoms with E-state index in [1.807, 2.05) is 6.92 Å². The minimum absolute atomic E-state index is 0.0466. The summed E-state index contributed by atoms with van der Waals surface area (Å²) >= 11 is 4.61. The lowest BCUT2D eigenvalue weighted by molar-refractivity contribution is -0.115. The lowest BCUT2D eigenvalue weighted by Crippen LogP contribution is -2.20. The van der Waals surface area contributed by atoms with Gasteiger partial charge in [-0.3, -0.25) is 9.48 Å². The summed E-state index contributed by atoms with van der Waals surface area (Å²) in [6, 6.07) is 1.78. The summed E-state index contributed by atoms with van der Waals surface area (Å²) in [4.78, 5) is 11.4. The van der Waals surface area contributed by atoms with E-state index in [0.29, 0.717) is 5.82 Å². The van der Waals surface area contributed by atoms with Crippen LogP contribution in [0.2, 0.25) is 0 Å². The molecule has 0 aliphatic rings. The number of carbonyl (C=O) groups is 1. The van der Waals surface area contributed by atoms with Crippen molar-refractivity contribution in [3.8, 4) is 0 Å². The Bertz CT molecular complexity index is 352. The number of anilines is 1. The summed E-state index contributed by atoms with van der Waals surface area (Å²) in [5, 5.41) is 6.65. The van der Waals surface area contributed by atoms with Gasteiger partial charge in [0.1, 0.15) is 0 Å². The number of rotatable bonds is 3. The van der Waals surface area contributed by atoms with Gasteiger partial charge in [0.05, 0.1) is 11.4 Å². The minimum Gasteiger partial charge on any atom is -0.393 e. The Morgan fingerprint density at radius 3 is 2.86 bits per heavy atom. The fourth-order valence-electron chi connectivity index (χ4n) is 0.967. The summed E-state index contributed by atoms with van der Waals surface area (Å²) in [6.45, 7) is 1.90. The van der Waals surface area contributed by atoms with Gasteiger partial charge in [0.25, 0.3) is 0 Å². The number of aryl methyl sites for hydroxylation is 2. The zero-order valence-corrected chi connectivity index (χ0v) is 8.89. The fraction of sp³-hybridized carbons (Fsp3) is 0.375. The average molecular weight is 212 g/mol. The predicted octanol–water partition coefficient (Wildman–Crippen LogP) is 0.343. The SMILES string of the molecule is Cc1cc(NC(=O)CC(N)=S)nn1C. The molecule has 0 unspecified atom stereocenters. The number of aromatic nitrogens is 2. The van der Waals surface area contributed by atoms with Crippen LogP contribution in [0.3, 0.4) is 0 Å². The van der Waals surface area contributed by atoms with Crippen LogP contribution < -0.4 is 11.1 Å². The van der Waals surface area contributed by atoms with Crippen molar-refractivity contribution in [1.82, 2.24) is 9.78 Å². The van der Waals surface area contributed by atoms with Gasteiger partial charge < -0.3 is 11.1 Å². The Labute approximate surface area is 87.3 Å². The van der Waals surface area contributed by atoms with Gasteiger partial charge in [-0.2, -0.15) is 5.10 Å². The van der Waals surface area contributed by atoms with Crippen LogP contribution in [0.25, 0.3) is 0 Å². The average Bonchev–Trinajstić information content (AvgIpc) is 2.28. The molecule has 0 saturated heterocycles. The smallest absolute Gasteiger partial charge is 0.232 e. The highest BCUT2D eigenvalue weighted by atomic mass is 32.1. The number of nitrogens with two attached hydrogens (primary N) is 1. The van der Waals surface area contributed by atoms with Crippen molar-refractivity contribution in [3.05, 3.63) is 11.8 Å². The van der Waals surface area contributed by atoms with E-state index in [4.69, 9.17) is 5.73 Å². The monoisotopic (exact) mass is 212 g/mol. The molecule has 1 heterocycles. The first kappa shape index (κ1) is 10.6. The lowest BCUT2D eigenvalue weighted by Gasteiger charge is -1.99. The minimum atomic E-state index is -0.240. The van der Waals surface area contributed by atoms with Crippen LogP contribution in [0.4, 0.5) is 5.82 Å². The van der Waals surface area contributed by atoms with E-state index in [1.165, 1.54) is 0 Å². The molecule has 0 aliphatic heterocycles. The number of hydrogen-bond donors (Lipinski definition) is 2. The highest BCUT2D eigenvalue weighted by Gasteiger charge is 2.06. The normalized spacial score (nSPS) is 9.86. The fourth-order valence-corrected chi connectivity index (χ4v) is 1.10. The molecule has 0 saturated carbocycles. The summed E-state index contributed by atoms with van der Waals surface area (Å²) in [7, 11) is 1.80. The number of carbonyl (C=O) groups excluding carboxylic acids is 1. The number of nitrogens with one attached hydrogen (secondary N) is 1. The maximum atomic E-state index is 11.2. The molecule has 0 aliphatic carbocycles. The number of amides is 1. The summed E-state index contributed by atoms with van der Waals surface area (Å²) in [6.07, 6.45) is 0.0466. The van der Waals surface area contributed by atoms with Gasteiger partial charge in [0.2, 0.25) is 5.91 Å². The van der Waals surface area contributed by atoms with Crippen LogP contribution in [-0.2, 0) is 11.8 Å². The second kappa shape index (κ2) is 4.19. The van der Waals surface area contributed by atoms with E-state index in [-0.39, 0.29) is 17.3 Å². The van der Waals surface area contributed by atoms with Crippen molar-refractivity contribution in [1.29, 1.82) is 0 Å². The van der Waals surface area contributed by atoms with Crippen LogP contribution in [0.5, 0.6) is 0 Å². The Balaban J connectivity index is 2.60. The standard InChI is InChI=1S/C8H12N4OS/c1-5-3-7(11-12(5)2)10-8(13)4-6(9)14/h3H,4H2,1-2H3,(H2,9,14)(H,10,11,13). The van der Waals surface area contributed by atoms with Crippen LogP contribution in [-0.4, -0.2) is 20.7 Å². The maximum absolute atomic E-state index is 11.2. The largest absolute Gasteiger partial charge is 0.393 e.